The van der Waals surface area contributed by atoms with Crippen LogP contribution in [0.15, 0.2) is 59.1 Å². The number of ether oxygens (including phenoxy) is 1. The number of piperidine rings is 1. The lowest BCUT2D eigenvalue weighted by Gasteiger charge is -2.37. The molecule has 1 aliphatic rings. The molecule has 0 unspecified atom stereocenters. The molecule has 2 aromatic rings. The Morgan fingerprint density at radius 2 is 1.64 bits per heavy atom. The molecule has 1 heterocycles. The summed E-state index contributed by atoms with van der Waals surface area (Å²) < 4.78 is 6.94. The van der Waals surface area contributed by atoms with E-state index in [2.05, 4.69) is 21.2 Å². The van der Waals surface area contributed by atoms with Crippen LogP contribution in [0.3, 0.4) is 0 Å². The molecule has 1 saturated heterocycles. The van der Waals surface area contributed by atoms with E-state index in [-0.39, 0.29) is 5.97 Å². The van der Waals surface area contributed by atoms with E-state index in [0.717, 1.165) is 36.0 Å². The number of hydrogen-bond donors (Lipinski definition) is 1. The van der Waals surface area contributed by atoms with Crippen LogP contribution in [0.4, 0.5) is 0 Å². The highest BCUT2D eigenvalue weighted by atomic mass is 79.9. The maximum atomic E-state index is 12.5. The second-order valence-electron chi connectivity index (χ2n) is 5.51. The van der Waals surface area contributed by atoms with Crippen LogP contribution in [-0.2, 0) is 10.3 Å². The van der Waals surface area contributed by atoms with Crippen LogP contribution in [0.5, 0.6) is 0 Å². The zero-order valence-electron chi connectivity index (χ0n) is 12.2. The summed E-state index contributed by atoms with van der Waals surface area (Å²) in [6, 6.07) is 17.3. The summed E-state index contributed by atoms with van der Waals surface area (Å²) in [5, 5.41) is 3.33. The molecule has 4 heteroatoms. The van der Waals surface area contributed by atoms with Crippen molar-refractivity contribution in [3.8, 4) is 0 Å². The van der Waals surface area contributed by atoms with E-state index in [1.807, 2.05) is 42.5 Å². The lowest BCUT2D eigenvalue weighted by atomic mass is 9.84. The normalized spacial score (nSPS) is 17.0. The van der Waals surface area contributed by atoms with Crippen molar-refractivity contribution in [1.82, 2.24) is 5.32 Å². The predicted molar refractivity (Wildman–Crippen MR) is 89.8 cm³/mol. The zero-order chi connectivity index (χ0) is 15.4. The van der Waals surface area contributed by atoms with Crippen molar-refractivity contribution >= 4 is 21.9 Å². The molecule has 0 aliphatic carbocycles. The van der Waals surface area contributed by atoms with Crippen LogP contribution in [0.25, 0.3) is 0 Å². The van der Waals surface area contributed by atoms with Gasteiger partial charge in [-0.1, -0.05) is 46.3 Å². The van der Waals surface area contributed by atoms with E-state index < -0.39 is 5.60 Å². The minimum atomic E-state index is -0.531. The summed E-state index contributed by atoms with van der Waals surface area (Å²) in [7, 11) is 0. The maximum Gasteiger partial charge on any atom is 0.339 e. The number of nitrogens with one attached hydrogen (secondary N) is 1. The van der Waals surface area contributed by atoms with Gasteiger partial charge in [0.2, 0.25) is 0 Å². The average Bonchev–Trinajstić information content (AvgIpc) is 2.57. The van der Waals surface area contributed by atoms with Crippen molar-refractivity contribution in [3.05, 3.63) is 70.2 Å². The highest BCUT2D eigenvalue weighted by Crippen LogP contribution is 2.35. The molecule has 2 aromatic carbocycles. The molecule has 0 radical (unpaired) electrons. The van der Waals surface area contributed by atoms with Gasteiger partial charge in [-0.05, 0) is 42.9 Å². The van der Waals surface area contributed by atoms with E-state index >= 15 is 0 Å². The molecule has 3 rings (SSSR count). The van der Waals surface area contributed by atoms with Crippen LogP contribution in [0.1, 0.15) is 28.8 Å². The van der Waals surface area contributed by atoms with E-state index in [0.29, 0.717) is 5.56 Å². The van der Waals surface area contributed by atoms with Crippen molar-refractivity contribution in [2.75, 3.05) is 13.1 Å². The van der Waals surface area contributed by atoms with Crippen LogP contribution in [-0.4, -0.2) is 19.1 Å². The molecule has 0 saturated carbocycles. The summed E-state index contributed by atoms with van der Waals surface area (Å²) in [5.41, 5.74) is 1.12. The number of halogens is 1. The monoisotopic (exact) mass is 359 g/mol. The fraction of sp³-hybridized carbons (Fsp3) is 0.278. The lowest BCUT2D eigenvalue weighted by molar-refractivity contribution is -0.0378. The van der Waals surface area contributed by atoms with Crippen molar-refractivity contribution < 1.29 is 9.53 Å². The first kappa shape index (κ1) is 15.3. The number of carbonyl (C=O) groups is 1. The van der Waals surface area contributed by atoms with Gasteiger partial charge in [-0.15, -0.1) is 0 Å². The molecule has 0 amide bonds. The topological polar surface area (TPSA) is 38.3 Å². The third-order valence-corrected chi connectivity index (χ3v) is 4.61. The SMILES string of the molecule is O=C(OC1(c2ccccc2)CCNCC1)c1ccc(Br)cc1. The first-order valence-corrected chi connectivity index (χ1v) is 8.24. The Morgan fingerprint density at radius 1 is 1.00 bits per heavy atom. The van der Waals surface area contributed by atoms with E-state index in [1.165, 1.54) is 0 Å². The van der Waals surface area contributed by atoms with Gasteiger partial charge in [0, 0.05) is 17.3 Å². The quantitative estimate of drug-likeness (QED) is 0.845. The van der Waals surface area contributed by atoms with Gasteiger partial charge in [0.05, 0.1) is 5.56 Å². The first-order valence-electron chi connectivity index (χ1n) is 7.45. The third-order valence-electron chi connectivity index (χ3n) is 4.08. The molecular weight excluding hydrogens is 342 g/mol. The van der Waals surface area contributed by atoms with Crippen molar-refractivity contribution in [1.29, 1.82) is 0 Å². The van der Waals surface area contributed by atoms with Crippen LogP contribution in [0.2, 0.25) is 0 Å². The van der Waals surface area contributed by atoms with Crippen LogP contribution in [0, 0.1) is 0 Å². The number of rotatable bonds is 3. The summed E-state index contributed by atoms with van der Waals surface area (Å²) in [6.07, 6.45) is 1.58. The van der Waals surface area contributed by atoms with E-state index in [1.54, 1.807) is 12.1 Å². The summed E-state index contributed by atoms with van der Waals surface area (Å²) in [6.45, 7) is 1.70. The first-order chi connectivity index (χ1) is 10.7. The second-order valence-corrected chi connectivity index (χ2v) is 6.42. The Balaban J connectivity index is 1.87. The summed E-state index contributed by atoms with van der Waals surface area (Å²) in [5.74, 6) is -0.266. The minimum absolute atomic E-state index is 0.266. The minimum Gasteiger partial charge on any atom is -0.450 e. The average molecular weight is 360 g/mol. The van der Waals surface area contributed by atoms with Gasteiger partial charge >= 0.3 is 5.97 Å². The van der Waals surface area contributed by atoms with Gasteiger partial charge in [-0.2, -0.15) is 0 Å². The Morgan fingerprint density at radius 3 is 2.27 bits per heavy atom. The van der Waals surface area contributed by atoms with Crippen LogP contribution >= 0.6 is 15.9 Å². The smallest absolute Gasteiger partial charge is 0.339 e. The largest absolute Gasteiger partial charge is 0.450 e. The Kier molecular flexibility index (Phi) is 4.60. The van der Waals surface area contributed by atoms with Crippen molar-refractivity contribution in [3.63, 3.8) is 0 Å². The molecule has 0 atom stereocenters. The second kappa shape index (κ2) is 6.63. The number of benzene rings is 2. The highest BCUT2D eigenvalue weighted by Gasteiger charge is 2.37. The molecule has 1 aliphatic heterocycles. The van der Waals surface area contributed by atoms with Gasteiger partial charge < -0.3 is 10.1 Å². The molecule has 1 N–H and O–H groups in total. The Bertz CT molecular complexity index is 634. The molecule has 114 valence electrons. The molecule has 0 aromatic heterocycles. The van der Waals surface area contributed by atoms with Crippen molar-refractivity contribution in [2.24, 2.45) is 0 Å². The van der Waals surface area contributed by atoms with Gasteiger partial charge in [-0.25, -0.2) is 4.79 Å². The number of hydrogen-bond acceptors (Lipinski definition) is 3. The molecule has 0 bridgehead atoms. The molecular formula is C18H18BrNO2. The van der Waals surface area contributed by atoms with Crippen molar-refractivity contribution in [2.45, 2.75) is 18.4 Å². The van der Waals surface area contributed by atoms with Gasteiger partial charge in [-0.3, -0.25) is 0 Å². The Labute approximate surface area is 138 Å². The lowest BCUT2D eigenvalue weighted by Crippen LogP contribution is -2.43. The standard InChI is InChI=1S/C18H18BrNO2/c19-16-8-6-14(7-9-16)17(21)22-18(10-12-20-13-11-18)15-4-2-1-3-5-15/h1-9,20H,10-13H2. The molecule has 3 nitrogen and oxygen atoms in total. The molecule has 22 heavy (non-hydrogen) atoms. The van der Waals surface area contributed by atoms with Gasteiger partial charge in [0.1, 0.15) is 5.60 Å². The fourth-order valence-electron chi connectivity index (χ4n) is 2.84. The predicted octanol–water partition coefficient (Wildman–Crippen LogP) is 3.88. The van der Waals surface area contributed by atoms with E-state index in [4.69, 9.17) is 4.74 Å². The highest BCUT2D eigenvalue weighted by molar-refractivity contribution is 9.10. The number of esters is 1. The Hall–Kier alpha value is -1.65. The van der Waals surface area contributed by atoms with Gasteiger partial charge in [0.15, 0.2) is 0 Å². The molecule has 0 spiro atoms. The fourth-order valence-corrected chi connectivity index (χ4v) is 3.11. The third kappa shape index (κ3) is 3.23. The van der Waals surface area contributed by atoms with Gasteiger partial charge in [0.25, 0.3) is 0 Å². The summed E-state index contributed by atoms with van der Waals surface area (Å²) in [4.78, 5) is 12.5. The van der Waals surface area contributed by atoms with Crippen LogP contribution < -0.4 is 5.32 Å². The summed E-state index contributed by atoms with van der Waals surface area (Å²) >= 11 is 3.38. The number of carbonyl (C=O) groups excluding carboxylic acids is 1. The van der Waals surface area contributed by atoms with E-state index in [9.17, 15) is 4.79 Å². The molecule has 1 fully saturated rings. The zero-order valence-corrected chi connectivity index (χ0v) is 13.8. The maximum absolute atomic E-state index is 12.5.